The lowest BCUT2D eigenvalue weighted by atomic mass is 10.2. The van der Waals surface area contributed by atoms with Crippen molar-refractivity contribution in [3.63, 3.8) is 0 Å². The highest BCUT2D eigenvalue weighted by atomic mass is 32.2. The molecule has 0 aliphatic heterocycles. The van der Waals surface area contributed by atoms with Crippen LogP contribution in [0.4, 0.5) is 0 Å². The Morgan fingerprint density at radius 1 is 1.10 bits per heavy atom. The Balaban J connectivity index is 2.50. The average molecular weight is 315 g/mol. The van der Waals surface area contributed by atoms with E-state index in [1.54, 1.807) is 24.3 Å². The molecule has 0 N–H and O–H groups in total. The average Bonchev–Trinajstić information content (AvgIpc) is 2.34. The number of sulfone groups is 1. The van der Waals surface area contributed by atoms with Gasteiger partial charge in [-0.3, -0.25) is 0 Å². The fraction of sp³-hybridized carbons (Fsp3) is 0.600. The molecule has 0 bridgehead atoms. The third-order valence-corrected chi connectivity index (χ3v) is 10.3. The molecule has 0 radical (unpaired) electrons. The molecule has 1 aromatic carbocycles. The SMILES string of the molecule is CC(C)(C)[Si](C)(C)OCCCS(=O)(=O)c1ccccc1. The minimum absolute atomic E-state index is 0.144. The summed E-state index contributed by atoms with van der Waals surface area (Å²) in [5, 5.41) is 0.158. The highest BCUT2D eigenvalue weighted by Crippen LogP contribution is 2.36. The smallest absolute Gasteiger partial charge is 0.191 e. The van der Waals surface area contributed by atoms with Crippen molar-refractivity contribution in [2.45, 2.75) is 50.2 Å². The number of rotatable bonds is 6. The molecule has 0 saturated carbocycles. The molecule has 1 aromatic rings. The first-order valence-corrected chi connectivity index (χ1v) is 11.5. The van der Waals surface area contributed by atoms with Gasteiger partial charge in [-0.25, -0.2) is 8.42 Å². The van der Waals surface area contributed by atoms with E-state index >= 15 is 0 Å². The first kappa shape index (κ1) is 17.4. The zero-order valence-corrected chi connectivity index (χ0v) is 15.0. The van der Waals surface area contributed by atoms with Crippen molar-refractivity contribution in [1.82, 2.24) is 0 Å². The van der Waals surface area contributed by atoms with Gasteiger partial charge in [0.05, 0.1) is 10.6 Å². The van der Waals surface area contributed by atoms with E-state index in [-0.39, 0.29) is 10.8 Å². The number of benzene rings is 1. The van der Waals surface area contributed by atoms with Crippen LogP contribution in [0.1, 0.15) is 27.2 Å². The maximum Gasteiger partial charge on any atom is 0.191 e. The molecule has 0 fully saturated rings. The Hall–Kier alpha value is -0.653. The summed E-state index contributed by atoms with van der Waals surface area (Å²) in [6.07, 6.45) is 0.545. The zero-order valence-electron chi connectivity index (χ0n) is 13.1. The topological polar surface area (TPSA) is 43.4 Å². The first-order chi connectivity index (χ1) is 9.06. The van der Waals surface area contributed by atoms with Crippen molar-refractivity contribution < 1.29 is 12.8 Å². The van der Waals surface area contributed by atoms with E-state index < -0.39 is 18.2 Å². The van der Waals surface area contributed by atoms with Crippen LogP contribution in [-0.4, -0.2) is 29.1 Å². The first-order valence-electron chi connectivity index (χ1n) is 6.98. The van der Waals surface area contributed by atoms with Gasteiger partial charge >= 0.3 is 0 Å². The maximum atomic E-state index is 12.1. The number of hydrogen-bond acceptors (Lipinski definition) is 3. The summed E-state index contributed by atoms with van der Waals surface area (Å²) in [4.78, 5) is 0.396. The van der Waals surface area contributed by atoms with E-state index in [0.717, 1.165) is 0 Å². The van der Waals surface area contributed by atoms with Gasteiger partial charge in [0.25, 0.3) is 0 Å². The third-order valence-electron chi connectivity index (χ3n) is 3.93. The lowest BCUT2D eigenvalue weighted by Gasteiger charge is -2.36. The lowest BCUT2D eigenvalue weighted by molar-refractivity contribution is 0.288. The van der Waals surface area contributed by atoms with Crippen LogP contribution in [0.2, 0.25) is 18.1 Å². The van der Waals surface area contributed by atoms with E-state index in [1.165, 1.54) is 0 Å². The molecule has 0 aliphatic rings. The monoisotopic (exact) mass is 314 g/mol. The molecule has 1 rings (SSSR count). The van der Waals surface area contributed by atoms with Gasteiger partial charge in [0.15, 0.2) is 18.2 Å². The fourth-order valence-corrected chi connectivity index (χ4v) is 3.93. The van der Waals surface area contributed by atoms with Gasteiger partial charge < -0.3 is 4.43 Å². The van der Waals surface area contributed by atoms with Crippen LogP contribution in [0.25, 0.3) is 0 Å². The van der Waals surface area contributed by atoms with Crippen LogP contribution < -0.4 is 0 Å². The second-order valence-electron chi connectivity index (χ2n) is 6.59. The molecule has 3 nitrogen and oxygen atoms in total. The van der Waals surface area contributed by atoms with Crippen LogP contribution in [0.5, 0.6) is 0 Å². The van der Waals surface area contributed by atoms with Crippen LogP contribution in [0.3, 0.4) is 0 Å². The summed E-state index contributed by atoms with van der Waals surface area (Å²) < 4.78 is 30.2. The third kappa shape index (κ3) is 4.72. The van der Waals surface area contributed by atoms with Crippen LogP contribution >= 0.6 is 0 Å². The van der Waals surface area contributed by atoms with Gasteiger partial charge in [0.1, 0.15) is 0 Å². The van der Waals surface area contributed by atoms with Crippen LogP contribution in [0, 0.1) is 0 Å². The molecule has 20 heavy (non-hydrogen) atoms. The minimum Gasteiger partial charge on any atom is -0.417 e. The molecule has 0 aliphatic carbocycles. The second-order valence-corrected chi connectivity index (χ2v) is 13.5. The molecule has 0 aromatic heterocycles. The highest BCUT2D eigenvalue weighted by Gasteiger charge is 2.36. The Kier molecular flexibility index (Phi) is 5.58. The summed E-state index contributed by atoms with van der Waals surface area (Å²) in [5.41, 5.74) is 0. The van der Waals surface area contributed by atoms with Gasteiger partial charge in [-0.2, -0.15) is 0 Å². The van der Waals surface area contributed by atoms with Crippen molar-refractivity contribution in [2.24, 2.45) is 0 Å². The van der Waals surface area contributed by atoms with E-state index in [0.29, 0.717) is 17.9 Å². The fourth-order valence-electron chi connectivity index (χ4n) is 1.54. The Bertz CT molecular complexity index is 516. The number of hydrogen-bond donors (Lipinski definition) is 0. The van der Waals surface area contributed by atoms with Crippen molar-refractivity contribution >= 4 is 18.2 Å². The molecule has 0 saturated heterocycles. The molecular weight excluding hydrogens is 288 g/mol. The van der Waals surface area contributed by atoms with Gasteiger partial charge in [-0.1, -0.05) is 39.0 Å². The Labute approximate surface area is 124 Å². The molecule has 0 amide bonds. The molecule has 0 unspecified atom stereocenters. The van der Waals surface area contributed by atoms with Crippen LogP contribution in [0.15, 0.2) is 35.2 Å². The predicted octanol–water partition coefficient (Wildman–Crippen LogP) is 3.87. The minimum atomic E-state index is -3.18. The van der Waals surface area contributed by atoms with E-state index in [1.807, 2.05) is 6.07 Å². The van der Waals surface area contributed by atoms with Crippen molar-refractivity contribution in [3.8, 4) is 0 Å². The summed E-state index contributed by atoms with van der Waals surface area (Å²) in [7, 11) is -4.95. The van der Waals surface area contributed by atoms with Crippen molar-refractivity contribution in [3.05, 3.63) is 30.3 Å². The normalized spacial score (nSPS) is 13.4. The quantitative estimate of drug-likeness (QED) is 0.591. The predicted molar refractivity (Wildman–Crippen MR) is 86.3 cm³/mol. The van der Waals surface area contributed by atoms with Gasteiger partial charge in [-0.15, -0.1) is 0 Å². The Morgan fingerprint density at radius 2 is 1.65 bits per heavy atom. The molecule has 5 heteroatoms. The van der Waals surface area contributed by atoms with Crippen molar-refractivity contribution in [2.75, 3.05) is 12.4 Å². The van der Waals surface area contributed by atoms with E-state index in [9.17, 15) is 8.42 Å². The molecular formula is C15H26O3SSi. The largest absolute Gasteiger partial charge is 0.417 e. The van der Waals surface area contributed by atoms with Crippen LogP contribution in [-0.2, 0) is 14.3 Å². The Morgan fingerprint density at radius 3 is 2.15 bits per heavy atom. The summed E-state index contributed by atoms with van der Waals surface area (Å²) in [5.74, 6) is 0.144. The lowest BCUT2D eigenvalue weighted by Crippen LogP contribution is -2.41. The summed E-state index contributed by atoms with van der Waals surface area (Å²) in [6.45, 7) is 11.4. The molecule has 114 valence electrons. The summed E-state index contributed by atoms with van der Waals surface area (Å²) >= 11 is 0. The van der Waals surface area contributed by atoms with E-state index in [4.69, 9.17) is 4.43 Å². The second kappa shape index (κ2) is 6.41. The summed E-state index contributed by atoms with van der Waals surface area (Å²) in [6, 6.07) is 8.60. The van der Waals surface area contributed by atoms with Gasteiger partial charge in [0.2, 0.25) is 0 Å². The molecule has 0 heterocycles. The van der Waals surface area contributed by atoms with Gasteiger partial charge in [0, 0.05) is 6.61 Å². The highest BCUT2D eigenvalue weighted by molar-refractivity contribution is 7.91. The maximum absolute atomic E-state index is 12.1. The standard InChI is InChI=1S/C15H26O3SSi/c1-15(2,3)20(4,5)18-12-9-13-19(16,17)14-10-7-6-8-11-14/h6-8,10-11H,9,12-13H2,1-5H3. The van der Waals surface area contributed by atoms with Gasteiger partial charge in [-0.05, 0) is 36.7 Å². The zero-order chi connectivity index (χ0) is 15.4. The van der Waals surface area contributed by atoms with Crippen molar-refractivity contribution in [1.29, 1.82) is 0 Å². The van der Waals surface area contributed by atoms with E-state index in [2.05, 4.69) is 33.9 Å². The molecule has 0 atom stereocenters. The molecule has 0 spiro atoms.